The molecular formula is C25H30N4O3S. The zero-order chi connectivity index (χ0) is 22.9. The predicted octanol–water partition coefficient (Wildman–Crippen LogP) is 4.11. The van der Waals surface area contributed by atoms with E-state index in [1.54, 1.807) is 26.4 Å². The van der Waals surface area contributed by atoms with Gasteiger partial charge in [-0.05, 0) is 43.4 Å². The second-order valence-electron chi connectivity index (χ2n) is 8.52. The Hall–Kier alpha value is -2.87. The van der Waals surface area contributed by atoms with Crippen LogP contribution in [0.4, 0.5) is 5.82 Å². The van der Waals surface area contributed by atoms with E-state index in [4.69, 9.17) is 19.4 Å². The van der Waals surface area contributed by atoms with Crippen molar-refractivity contribution in [1.29, 1.82) is 0 Å². The number of carbonyl (C=O) groups is 1. The van der Waals surface area contributed by atoms with Gasteiger partial charge in [0.15, 0.2) is 0 Å². The van der Waals surface area contributed by atoms with E-state index in [1.165, 1.54) is 28.7 Å². The van der Waals surface area contributed by atoms with Crippen LogP contribution < -0.4 is 14.4 Å². The molecular weight excluding hydrogens is 436 g/mol. The maximum Gasteiger partial charge on any atom is 0.261 e. The average molecular weight is 467 g/mol. The number of thiophene rings is 1. The number of aryl methyl sites for hydroxylation is 3. The lowest BCUT2D eigenvalue weighted by molar-refractivity contribution is 0.0739. The molecule has 3 aromatic rings. The third-order valence-electron chi connectivity index (χ3n) is 6.67. The van der Waals surface area contributed by atoms with Crippen molar-refractivity contribution in [1.82, 2.24) is 14.9 Å². The van der Waals surface area contributed by atoms with Crippen LogP contribution in [0.5, 0.6) is 11.5 Å². The molecule has 0 radical (unpaired) electrons. The van der Waals surface area contributed by atoms with Crippen molar-refractivity contribution in [2.45, 2.75) is 39.0 Å². The Balaban J connectivity index is 1.42. The third kappa shape index (κ3) is 3.90. The van der Waals surface area contributed by atoms with E-state index in [1.807, 2.05) is 22.3 Å². The number of piperazine rings is 1. The van der Waals surface area contributed by atoms with Crippen LogP contribution in [0.15, 0.2) is 18.2 Å². The number of amides is 1. The number of ether oxygens (including phenoxy) is 2. The summed E-state index contributed by atoms with van der Waals surface area (Å²) in [6, 6.07) is 5.44. The van der Waals surface area contributed by atoms with E-state index in [0.29, 0.717) is 30.2 Å². The lowest BCUT2D eigenvalue weighted by Gasteiger charge is -2.36. The fourth-order valence-electron chi connectivity index (χ4n) is 4.91. The monoisotopic (exact) mass is 466 g/mol. The molecule has 174 valence electrons. The van der Waals surface area contributed by atoms with Crippen molar-refractivity contribution in [2.24, 2.45) is 0 Å². The molecule has 0 N–H and O–H groups in total. The fourth-order valence-corrected chi connectivity index (χ4v) is 6.18. The molecule has 2 aromatic heterocycles. The minimum atomic E-state index is -0.0565. The van der Waals surface area contributed by atoms with Gasteiger partial charge in [-0.3, -0.25) is 4.79 Å². The number of rotatable bonds is 5. The summed E-state index contributed by atoms with van der Waals surface area (Å²) >= 11 is 1.85. The fraction of sp³-hybridized carbons (Fsp3) is 0.480. The van der Waals surface area contributed by atoms with Crippen molar-refractivity contribution in [3.8, 4) is 11.5 Å². The maximum absolute atomic E-state index is 13.4. The topological polar surface area (TPSA) is 67.8 Å². The van der Waals surface area contributed by atoms with Crippen LogP contribution in [0.3, 0.4) is 0 Å². The van der Waals surface area contributed by atoms with Crippen molar-refractivity contribution in [3.05, 3.63) is 40.0 Å². The lowest BCUT2D eigenvalue weighted by Crippen LogP contribution is -2.49. The highest BCUT2D eigenvalue weighted by Crippen LogP contribution is 2.40. The number of hydrogen-bond donors (Lipinski definition) is 0. The van der Waals surface area contributed by atoms with Gasteiger partial charge in [0.1, 0.15) is 33.5 Å². The highest BCUT2D eigenvalue weighted by Gasteiger charge is 2.30. The van der Waals surface area contributed by atoms with Gasteiger partial charge >= 0.3 is 0 Å². The Morgan fingerprint density at radius 1 is 1.03 bits per heavy atom. The van der Waals surface area contributed by atoms with Crippen LogP contribution in [0, 0.1) is 0 Å². The first kappa shape index (κ1) is 21.9. The molecule has 3 heterocycles. The van der Waals surface area contributed by atoms with Crippen molar-refractivity contribution < 1.29 is 14.3 Å². The SMILES string of the molecule is CCc1nc(N2CCN(C(=O)c3c(OC)cccc3OC)CC2)c2c3c(sc2n1)CCCC3. The molecule has 0 bridgehead atoms. The molecule has 7 nitrogen and oxygen atoms in total. The normalized spacial score (nSPS) is 16.1. The molecule has 1 aliphatic heterocycles. The number of carbonyl (C=O) groups excluding carboxylic acids is 1. The van der Waals surface area contributed by atoms with Gasteiger partial charge in [0.2, 0.25) is 0 Å². The van der Waals surface area contributed by atoms with Crippen LogP contribution in [-0.4, -0.2) is 61.2 Å². The second-order valence-corrected chi connectivity index (χ2v) is 9.61. The van der Waals surface area contributed by atoms with Gasteiger partial charge in [-0.25, -0.2) is 9.97 Å². The Morgan fingerprint density at radius 2 is 1.73 bits per heavy atom. The standard InChI is InChI=1S/C25H30N4O3S/c1-4-20-26-23(21-16-8-5-6-11-19(16)33-24(21)27-20)28-12-14-29(15-13-28)25(30)22-17(31-2)9-7-10-18(22)32-3/h7,9-10H,4-6,8,11-15H2,1-3H3. The molecule has 33 heavy (non-hydrogen) atoms. The molecule has 1 amide bonds. The first-order valence-corrected chi connectivity index (χ1v) is 12.5. The summed E-state index contributed by atoms with van der Waals surface area (Å²) < 4.78 is 10.9. The molecule has 1 aromatic carbocycles. The number of aromatic nitrogens is 2. The number of fused-ring (bicyclic) bond motifs is 3. The van der Waals surface area contributed by atoms with Gasteiger partial charge in [-0.1, -0.05) is 13.0 Å². The first-order chi connectivity index (χ1) is 16.1. The minimum Gasteiger partial charge on any atom is -0.496 e. The quantitative estimate of drug-likeness (QED) is 0.564. The van der Waals surface area contributed by atoms with E-state index < -0.39 is 0 Å². The summed E-state index contributed by atoms with van der Waals surface area (Å²) in [5, 5.41) is 1.25. The summed E-state index contributed by atoms with van der Waals surface area (Å²) in [7, 11) is 3.16. The van der Waals surface area contributed by atoms with E-state index in [9.17, 15) is 4.79 Å². The predicted molar refractivity (Wildman–Crippen MR) is 131 cm³/mol. The number of benzene rings is 1. The molecule has 8 heteroatoms. The van der Waals surface area contributed by atoms with E-state index >= 15 is 0 Å². The zero-order valence-electron chi connectivity index (χ0n) is 19.5. The first-order valence-electron chi connectivity index (χ1n) is 11.7. The Kier molecular flexibility index (Phi) is 6.10. The van der Waals surface area contributed by atoms with Crippen molar-refractivity contribution in [2.75, 3.05) is 45.3 Å². The maximum atomic E-state index is 13.4. The Labute approximate surface area is 198 Å². The molecule has 2 aliphatic rings. The minimum absolute atomic E-state index is 0.0565. The van der Waals surface area contributed by atoms with Crippen LogP contribution >= 0.6 is 11.3 Å². The molecule has 5 rings (SSSR count). The molecule has 1 saturated heterocycles. The summed E-state index contributed by atoms with van der Waals surface area (Å²) in [5.74, 6) is 2.97. The summed E-state index contributed by atoms with van der Waals surface area (Å²) in [6.07, 6.45) is 5.58. The highest BCUT2D eigenvalue weighted by atomic mass is 32.1. The zero-order valence-corrected chi connectivity index (χ0v) is 20.3. The number of hydrogen-bond acceptors (Lipinski definition) is 7. The lowest BCUT2D eigenvalue weighted by atomic mass is 9.97. The van der Waals surface area contributed by atoms with Gasteiger partial charge in [0.25, 0.3) is 5.91 Å². The Bertz CT molecular complexity index is 1160. The van der Waals surface area contributed by atoms with Gasteiger partial charge in [0.05, 0.1) is 19.6 Å². The second kappa shape index (κ2) is 9.17. The summed E-state index contributed by atoms with van der Waals surface area (Å²) in [5.41, 5.74) is 1.94. The molecule has 0 spiro atoms. The molecule has 1 fully saturated rings. The average Bonchev–Trinajstić information content (AvgIpc) is 3.25. The third-order valence-corrected chi connectivity index (χ3v) is 7.85. The van der Waals surface area contributed by atoms with Crippen LogP contribution in [0.1, 0.15) is 46.4 Å². The van der Waals surface area contributed by atoms with E-state index in [2.05, 4.69) is 11.8 Å². The molecule has 0 atom stereocenters. The van der Waals surface area contributed by atoms with Crippen molar-refractivity contribution in [3.63, 3.8) is 0 Å². The van der Waals surface area contributed by atoms with Gasteiger partial charge < -0.3 is 19.3 Å². The van der Waals surface area contributed by atoms with Crippen molar-refractivity contribution >= 4 is 33.3 Å². The van der Waals surface area contributed by atoms with Crippen LogP contribution in [0.25, 0.3) is 10.2 Å². The largest absolute Gasteiger partial charge is 0.496 e. The van der Waals surface area contributed by atoms with Gasteiger partial charge in [0, 0.05) is 37.5 Å². The van der Waals surface area contributed by atoms with Crippen LogP contribution in [-0.2, 0) is 19.3 Å². The molecule has 0 saturated carbocycles. The number of methoxy groups -OCH3 is 2. The summed E-state index contributed by atoms with van der Waals surface area (Å²) in [4.78, 5) is 30.1. The van der Waals surface area contributed by atoms with Crippen LogP contribution in [0.2, 0.25) is 0 Å². The van der Waals surface area contributed by atoms with Gasteiger partial charge in [-0.15, -0.1) is 11.3 Å². The number of anilines is 1. The van der Waals surface area contributed by atoms with E-state index in [0.717, 1.165) is 48.8 Å². The summed E-state index contributed by atoms with van der Waals surface area (Å²) in [6.45, 7) is 4.83. The Morgan fingerprint density at radius 3 is 2.39 bits per heavy atom. The highest BCUT2D eigenvalue weighted by molar-refractivity contribution is 7.19. The molecule has 1 aliphatic carbocycles. The smallest absolute Gasteiger partial charge is 0.261 e. The molecule has 0 unspecified atom stereocenters. The van der Waals surface area contributed by atoms with E-state index in [-0.39, 0.29) is 5.91 Å². The number of nitrogens with zero attached hydrogens (tertiary/aromatic N) is 4. The van der Waals surface area contributed by atoms with Gasteiger partial charge in [-0.2, -0.15) is 0 Å².